The Hall–Kier alpha value is -1.64. The third-order valence-corrected chi connectivity index (χ3v) is 6.16. The van der Waals surface area contributed by atoms with Crippen molar-refractivity contribution in [1.82, 2.24) is 5.32 Å². The molecule has 0 aliphatic rings. The molecule has 0 fully saturated rings. The molecular formula is C18H23ClN2O4S2. The standard InChI is InChI=1S/C18H23ClN2O4S2/c1-3-17(18(22)20-9-11-26-13-16-8-5-10-25-16)21(27(2,23)24)15-7-4-6-14(19)12-15/h4-8,10,12,17H,3,9,11,13H2,1-2H3,(H,20,22). The van der Waals surface area contributed by atoms with Gasteiger partial charge < -0.3 is 9.73 Å². The van der Waals surface area contributed by atoms with E-state index in [-0.39, 0.29) is 5.91 Å². The molecule has 0 saturated heterocycles. The van der Waals surface area contributed by atoms with Gasteiger partial charge in [-0.15, -0.1) is 0 Å². The van der Waals surface area contributed by atoms with Crippen molar-refractivity contribution < 1.29 is 17.6 Å². The smallest absolute Gasteiger partial charge is 0.243 e. The number of furan rings is 1. The summed E-state index contributed by atoms with van der Waals surface area (Å²) in [4.78, 5) is 12.6. The maximum atomic E-state index is 12.6. The number of sulfonamides is 1. The van der Waals surface area contributed by atoms with Crippen molar-refractivity contribution in [3.05, 3.63) is 53.4 Å². The normalized spacial score (nSPS) is 12.6. The molecular weight excluding hydrogens is 408 g/mol. The van der Waals surface area contributed by atoms with Crippen LogP contribution < -0.4 is 9.62 Å². The van der Waals surface area contributed by atoms with Gasteiger partial charge in [0, 0.05) is 17.3 Å². The minimum atomic E-state index is -3.66. The highest BCUT2D eigenvalue weighted by Crippen LogP contribution is 2.25. The molecule has 27 heavy (non-hydrogen) atoms. The van der Waals surface area contributed by atoms with Gasteiger partial charge in [-0.1, -0.05) is 24.6 Å². The minimum absolute atomic E-state index is 0.332. The van der Waals surface area contributed by atoms with E-state index >= 15 is 0 Å². The molecule has 1 unspecified atom stereocenters. The van der Waals surface area contributed by atoms with Crippen molar-refractivity contribution in [2.75, 3.05) is 22.9 Å². The van der Waals surface area contributed by atoms with E-state index in [1.807, 2.05) is 12.1 Å². The Labute approximate surface area is 169 Å². The van der Waals surface area contributed by atoms with Crippen LogP contribution in [0.4, 0.5) is 5.69 Å². The Balaban J connectivity index is 1.99. The maximum Gasteiger partial charge on any atom is 0.243 e. The van der Waals surface area contributed by atoms with Crippen molar-refractivity contribution in [2.24, 2.45) is 0 Å². The largest absolute Gasteiger partial charge is 0.468 e. The van der Waals surface area contributed by atoms with Gasteiger partial charge in [-0.2, -0.15) is 11.8 Å². The van der Waals surface area contributed by atoms with Gasteiger partial charge in [-0.3, -0.25) is 9.10 Å². The molecule has 0 aliphatic heterocycles. The van der Waals surface area contributed by atoms with Crippen LogP contribution in [0.2, 0.25) is 5.02 Å². The SMILES string of the molecule is CCC(C(=O)NCCSCc1ccco1)N(c1cccc(Cl)c1)S(C)(=O)=O. The fraction of sp³-hybridized carbons (Fsp3) is 0.389. The number of anilines is 1. The van der Waals surface area contributed by atoms with Gasteiger partial charge in [0.25, 0.3) is 0 Å². The van der Waals surface area contributed by atoms with E-state index in [0.717, 1.165) is 22.1 Å². The lowest BCUT2D eigenvalue weighted by molar-refractivity contribution is -0.122. The van der Waals surface area contributed by atoms with Crippen molar-refractivity contribution in [3.8, 4) is 0 Å². The van der Waals surface area contributed by atoms with Gasteiger partial charge in [0.1, 0.15) is 11.8 Å². The van der Waals surface area contributed by atoms with Crippen LogP contribution in [0.5, 0.6) is 0 Å². The Bertz CT molecular complexity index is 841. The summed E-state index contributed by atoms with van der Waals surface area (Å²) >= 11 is 7.62. The van der Waals surface area contributed by atoms with Crippen molar-refractivity contribution >= 4 is 45.0 Å². The number of rotatable bonds is 10. The first-order chi connectivity index (χ1) is 12.8. The average Bonchev–Trinajstić information content (AvgIpc) is 3.11. The van der Waals surface area contributed by atoms with E-state index in [9.17, 15) is 13.2 Å². The summed E-state index contributed by atoms with van der Waals surface area (Å²) in [5.74, 6) is 1.96. The van der Waals surface area contributed by atoms with Crippen LogP contribution in [0.3, 0.4) is 0 Å². The number of halogens is 1. The van der Waals surface area contributed by atoms with Crippen LogP contribution in [0.15, 0.2) is 47.1 Å². The fourth-order valence-electron chi connectivity index (χ4n) is 2.61. The molecule has 1 aromatic carbocycles. The number of thioether (sulfide) groups is 1. The molecule has 1 atom stereocenters. The second-order valence-electron chi connectivity index (χ2n) is 5.89. The van der Waals surface area contributed by atoms with Crippen LogP contribution in [-0.4, -0.2) is 38.9 Å². The predicted molar refractivity (Wildman–Crippen MR) is 111 cm³/mol. The van der Waals surface area contributed by atoms with Gasteiger partial charge in [0.2, 0.25) is 15.9 Å². The summed E-state index contributed by atoms with van der Waals surface area (Å²) < 4.78 is 31.1. The third-order valence-electron chi connectivity index (χ3n) is 3.76. The van der Waals surface area contributed by atoms with Crippen LogP contribution in [0.25, 0.3) is 0 Å². The molecule has 9 heteroatoms. The minimum Gasteiger partial charge on any atom is -0.468 e. The van der Waals surface area contributed by atoms with E-state index in [2.05, 4.69) is 5.32 Å². The summed E-state index contributed by atoms with van der Waals surface area (Å²) in [6.07, 6.45) is 3.05. The van der Waals surface area contributed by atoms with Crippen LogP contribution in [0, 0.1) is 0 Å². The van der Waals surface area contributed by atoms with Crippen molar-refractivity contribution in [3.63, 3.8) is 0 Å². The predicted octanol–water partition coefficient (Wildman–Crippen LogP) is 3.53. The zero-order valence-corrected chi connectivity index (χ0v) is 17.6. The third kappa shape index (κ3) is 6.48. The highest BCUT2D eigenvalue weighted by Gasteiger charge is 2.31. The molecule has 1 N–H and O–H groups in total. The lowest BCUT2D eigenvalue weighted by atomic mass is 10.2. The molecule has 0 spiro atoms. The van der Waals surface area contributed by atoms with Gasteiger partial charge in [0.15, 0.2) is 0 Å². The van der Waals surface area contributed by atoms with Crippen molar-refractivity contribution in [1.29, 1.82) is 0 Å². The molecule has 1 heterocycles. The summed E-state index contributed by atoms with van der Waals surface area (Å²) in [6, 6.07) is 9.37. The number of carbonyl (C=O) groups is 1. The first-order valence-electron chi connectivity index (χ1n) is 8.45. The van der Waals surface area contributed by atoms with Crippen molar-refractivity contribution in [2.45, 2.75) is 25.1 Å². The number of hydrogen-bond donors (Lipinski definition) is 1. The first kappa shape index (κ1) is 21.7. The second-order valence-corrected chi connectivity index (χ2v) is 9.29. The van der Waals surface area contributed by atoms with Crippen LogP contribution >= 0.6 is 23.4 Å². The molecule has 148 valence electrons. The quantitative estimate of drug-likeness (QED) is 0.583. The number of nitrogens with zero attached hydrogens (tertiary/aromatic N) is 1. The zero-order valence-electron chi connectivity index (χ0n) is 15.2. The number of hydrogen-bond acceptors (Lipinski definition) is 5. The monoisotopic (exact) mass is 430 g/mol. The molecule has 0 aliphatic carbocycles. The molecule has 1 amide bonds. The summed E-state index contributed by atoms with van der Waals surface area (Å²) in [5, 5.41) is 3.23. The van der Waals surface area contributed by atoms with E-state index in [0.29, 0.717) is 29.4 Å². The maximum absolute atomic E-state index is 12.6. The molecule has 1 aromatic heterocycles. The zero-order chi connectivity index (χ0) is 19.9. The van der Waals surface area contributed by atoms with E-state index in [1.165, 1.54) is 6.07 Å². The molecule has 0 saturated carbocycles. The highest BCUT2D eigenvalue weighted by molar-refractivity contribution is 7.98. The molecule has 2 aromatic rings. The van der Waals surface area contributed by atoms with Gasteiger partial charge in [-0.25, -0.2) is 8.42 Å². The lowest BCUT2D eigenvalue weighted by Gasteiger charge is -2.30. The topological polar surface area (TPSA) is 79.6 Å². The first-order valence-corrected chi connectivity index (χ1v) is 11.8. The average molecular weight is 431 g/mol. The Morgan fingerprint density at radius 2 is 2.11 bits per heavy atom. The highest BCUT2D eigenvalue weighted by atomic mass is 35.5. The van der Waals surface area contributed by atoms with Gasteiger partial charge >= 0.3 is 0 Å². The number of nitrogens with one attached hydrogen (secondary N) is 1. The van der Waals surface area contributed by atoms with Gasteiger partial charge in [-0.05, 0) is 36.8 Å². The van der Waals surface area contributed by atoms with E-state index in [4.69, 9.17) is 16.0 Å². The molecule has 6 nitrogen and oxygen atoms in total. The molecule has 0 bridgehead atoms. The van der Waals surface area contributed by atoms with E-state index < -0.39 is 16.1 Å². The van der Waals surface area contributed by atoms with E-state index in [1.54, 1.807) is 43.1 Å². The summed E-state index contributed by atoms with van der Waals surface area (Å²) in [5.41, 5.74) is 0.374. The Morgan fingerprint density at radius 3 is 2.70 bits per heavy atom. The Kier molecular flexibility index (Phi) is 8.07. The molecule has 2 rings (SSSR count). The second kappa shape index (κ2) is 10.1. The summed E-state index contributed by atoms with van der Waals surface area (Å²) in [7, 11) is -3.66. The number of carbonyl (C=O) groups excluding carboxylic acids is 1. The fourth-order valence-corrected chi connectivity index (χ4v) is 4.75. The van der Waals surface area contributed by atoms with Crippen LogP contribution in [-0.2, 0) is 20.6 Å². The van der Waals surface area contributed by atoms with Crippen LogP contribution in [0.1, 0.15) is 19.1 Å². The summed E-state index contributed by atoms with van der Waals surface area (Å²) in [6.45, 7) is 2.21. The lowest BCUT2D eigenvalue weighted by Crippen LogP contribution is -2.49. The van der Waals surface area contributed by atoms with Gasteiger partial charge in [0.05, 0.1) is 24.0 Å². The number of amides is 1. The molecule has 0 radical (unpaired) electrons. The Morgan fingerprint density at radius 1 is 1.33 bits per heavy atom. The number of benzene rings is 1.